The number of aliphatic carboxylic acids is 1. The van der Waals surface area contributed by atoms with Crippen LogP contribution in [-0.2, 0) is 9.53 Å². The van der Waals surface area contributed by atoms with E-state index >= 15 is 0 Å². The number of rotatable bonds is 7. The summed E-state index contributed by atoms with van der Waals surface area (Å²) in [5.41, 5.74) is -0.475. The average Bonchev–Trinajstić information content (AvgIpc) is 3.19. The van der Waals surface area contributed by atoms with Gasteiger partial charge in [-0.1, -0.05) is 13.8 Å². The molecule has 2 N–H and O–H groups in total. The zero-order valence-electron chi connectivity index (χ0n) is 13.9. The van der Waals surface area contributed by atoms with Crippen LogP contribution in [0.3, 0.4) is 0 Å². The van der Waals surface area contributed by atoms with Crippen molar-refractivity contribution < 1.29 is 14.6 Å². The van der Waals surface area contributed by atoms with E-state index in [4.69, 9.17) is 4.74 Å². The highest BCUT2D eigenvalue weighted by atomic mass is 16.5. The fourth-order valence-electron chi connectivity index (χ4n) is 3.46. The molecule has 1 unspecified atom stereocenters. The Hall–Kier alpha value is -0.610. The first-order valence-electron chi connectivity index (χ1n) is 8.38. The number of nitrogens with one attached hydrogen (secondary N) is 1. The molecule has 2 aliphatic rings. The van der Waals surface area contributed by atoms with Gasteiger partial charge in [0.05, 0.1) is 12.7 Å². The smallest absolute Gasteiger partial charge is 0.326 e. The van der Waals surface area contributed by atoms with Gasteiger partial charge in [0.1, 0.15) is 5.54 Å². The van der Waals surface area contributed by atoms with Crippen molar-refractivity contribution in [3.05, 3.63) is 0 Å². The highest BCUT2D eigenvalue weighted by Gasteiger charge is 2.52. The summed E-state index contributed by atoms with van der Waals surface area (Å²) in [5, 5.41) is 13.0. The van der Waals surface area contributed by atoms with Crippen LogP contribution in [0.4, 0.5) is 0 Å². The van der Waals surface area contributed by atoms with Gasteiger partial charge in [0.15, 0.2) is 0 Å². The molecule has 0 aliphatic heterocycles. The van der Waals surface area contributed by atoms with E-state index in [0.717, 1.165) is 25.7 Å². The van der Waals surface area contributed by atoms with Crippen molar-refractivity contribution in [2.24, 2.45) is 11.3 Å². The number of carboxylic acids is 1. The lowest BCUT2D eigenvalue weighted by Gasteiger charge is -2.37. The summed E-state index contributed by atoms with van der Waals surface area (Å²) in [6, 6.07) is 0.149. The van der Waals surface area contributed by atoms with Gasteiger partial charge in [-0.2, -0.15) is 0 Å². The molecule has 4 nitrogen and oxygen atoms in total. The first kappa shape index (κ1) is 16.8. The molecule has 21 heavy (non-hydrogen) atoms. The lowest BCUT2D eigenvalue weighted by atomic mass is 9.76. The molecule has 0 aromatic rings. The minimum atomic E-state index is -0.888. The predicted molar refractivity (Wildman–Crippen MR) is 83.4 cm³/mol. The van der Waals surface area contributed by atoms with Crippen molar-refractivity contribution in [1.29, 1.82) is 0 Å². The van der Waals surface area contributed by atoms with Crippen LogP contribution >= 0.6 is 0 Å². The lowest BCUT2D eigenvalue weighted by molar-refractivity contribution is -0.151. The summed E-state index contributed by atoms with van der Waals surface area (Å²) in [6.07, 6.45) is 6.64. The molecular weight excluding hydrogens is 266 g/mol. The standard InChI is InChI=1S/C17H31NO3/c1-12(2)18-17(15(19)20,13-5-6-13)11-21-14-7-9-16(3,4)10-8-14/h12-14,18H,5-11H2,1-4H3,(H,19,20). The van der Waals surface area contributed by atoms with Crippen molar-refractivity contribution in [2.45, 2.75) is 83.9 Å². The van der Waals surface area contributed by atoms with Gasteiger partial charge >= 0.3 is 5.97 Å². The summed E-state index contributed by atoms with van der Waals surface area (Å²) in [5.74, 6) is -0.535. The van der Waals surface area contributed by atoms with E-state index in [1.165, 1.54) is 12.8 Å². The fourth-order valence-corrected chi connectivity index (χ4v) is 3.46. The summed E-state index contributed by atoms with van der Waals surface area (Å²) in [6.45, 7) is 8.91. The minimum absolute atomic E-state index is 0.149. The molecule has 4 heteroatoms. The van der Waals surface area contributed by atoms with Gasteiger partial charge in [-0.3, -0.25) is 10.1 Å². The van der Waals surface area contributed by atoms with Gasteiger partial charge < -0.3 is 9.84 Å². The molecule has 0 saturated heterocycles. The SMILES string of the molecule is CC(C)NC(COC1CCC(C)(C)CC1)(C(=O)O)C1CC1. The Bertz CT molecular complexity index is 366. The number of carbonyl (C=O) groups is 1. The van der Waals surface area contributed by atoms with E-state index in [1.807, 2.05) is 13.8 Å². The molecule has 2 aliphatic carbocycles. The summed E-state index contributed by atoms with van der Waals surface area (Å²) in [7, 11) is 0. The van der Waals surface area contributed by atoms with Crippen molar-refractivity contribution in [2.75, 3.05) is 6.61 Å². The van der Waals surface area contributed by atoms with E-state index < -0.39 is 11.5 Å². The second kappa shape index (κ2) is 6.25. The third kappa shape index (κ3) is 4.19. The molecule has 0 bridgehead atoms. The molecule has 0 aromatic heterocycles. The quantitative estimate of drug-likeness (QED) is 0.757. The van der Waals surface area contributed by atoms with Crippen molar-refractivity contribution in [3.8, 4) is 0 Å². The van der Waals surface area contributed by atoms with Gasteiger partial charge in [0.2, 0.25) is 0 Å². The third-order valence-corrected chi connectivity index (χ3v) is 5.04. The molecule has 0 aromatic carbocycles. The fraction of sp³-hybridized carbons (Fsp3) is 0.941. The van der Waals surface area contributed by atoms with Crippen molar-refractivity contribution in [1.82, 2.24) is 5.32 Å². The topological polar surface area (TPSA) is 58.6 Å². The van der Waals surface area contributed by atoms with Crippen LogP contribution in [0.2, 0.25) is 0 Å². The molecule has 2 saturated carbocycles. The van der Waals surface area contributed by atoms with E-state index in [1.54, 1.807) is 0 Å². The highest BCUT2D eigenvalue weighted by Crippen LogP contribution is 2.42. The lowest BCUT2D eigenvalue weighted by Crippen LogP contribution is -2.60. The highest BCUT2D eigenvalue weighted by molar-refractivity contribution is 5.80. The van der Waals surface area contributed by atoms with Gasteiger partial charge in [-0.15, -0.1) is 0 Å². The number of hydrogen-bond donors (Lipinski definition) is 2. The molecule has 122 valence electrons. The Labute approximate surface area is 128 Å². The zero-order chi connectivity index (χ0) is 15.7. The molecule has 2 fully saturated rings. The number of ether oxygens (including phenoxy) is 1. The van der Waals surface area contributed by atoms with Crippen LogP contribution in [-0.4, -0.2) is 35.4 Å². The number of carboxylic acid groups (broad SMARTS) is 1. The van der Waals surface area contributed by atoms with Gasteiger partial charge in [0.25, 0.3) is 0 Å². The first-order valence-corrected chi connectivity index (χ1v) is 8.38. The first-order chi connectivity index (χ1) is 9.75. The van der Waals surface area contributed by atoms with Gasteiger partial charge in [-0.05, 0) is 63.7 Å². The van der Waals surface area contributed by atoms with E-state index in [2.05, 4.69) is 19.2 Å². The van der Waals surface area contributed by atoms with Crippen LogP contribution in [0, 0.1) is 11.3 Å². The Morgan fingerprint density at radius 2 is 1.86 bits per heavy atom. The van der Waals surface area contributed by atoms with E-state index in [-0.39, 0.29) is 18.1 Å². The van der Waals surface area contributed by atoms with Crippen LogP contribution in [0.25, 0.3) is 0 Å². The second-order valence-electron chi connectivity index (χ2n) is 8.02. The van der Waals surface area contributed by atoms with Crippen LogP contribution < -0.4 is 5.32 Å². The van der Waals surface area contributed by atoms with E-state index in [0.29, 0.717) is 12.0 Å². The Kier molecular flexibility index (Phi) is 4.99. The maximum absolute atomic E-state index is 11.9. The molecule has 0 amide bonds. The normalized spacial score (nSPS) is 25.8. The monoisotopic (exact) mass is 297 g/mol. The molecular formula is C17H31NO3. The maximum Gasteiger partial charge on any atom is 0.326 e. The second-order valence-corrected chi connectivity index (χ2v) is 8.02. The summed E-state index contributed by atoms with van der Waals surface area (Å²) >= 11 is 0. The average molecular weight is 297 g/mol. The molecule has 2 rings (SSSR count). The van der Waals surface area contributed by atoms with Crippen molar-refractivity contribution in [3.63, 3.8) is 0 Å². The molecule has 0 radical (unpaired) electrons. The van der Waals surface area contributed by atoms with Crippen molar-refractivity contribution >= 4 is 5.97 Å². The molecule has 1 atom stereocenters. The zero-order valence-corrected chi connectivity index (χ0v) is 13.9. The molecule has 0 heterocycles. The van der Waals surface area contributed by atoms with Gasteiger partial charge in [-0.25, -0.2) is 0 Å². The number of hydrogen-bond acceptors (Lipinski definition) is 3. The minimum Gasteiger partial charge on any atom is -0.480 e. The van der Waals surface area contributed by atoms with Gasteiger partial charge in [0, 0.05) is 6.04 Å². The Morgan fingerprint density at radius 3 is 2.29 bits per heavy atom. The van der Waals surface area contributed by atoms with Crippen LogP contribution in [0.15, 0.2) is 0 Å². The largest absolute Gasteiger partial charge is 0.480 e. The van der Waals surface area contributed by atoms with E-state index in [9.17, 15) is 9.90 Å². The third-order valence-electron chi connectivity index (χ3n) is 5.04. The molecule has 0 spiro atoms. The van der Waals surface area contributed by atoms with Crippen LogP contribution in [0.1, 0.15) is 66.2 Å². The summed E-state index contributed by atoms with van der Waals surface area (Å²) in [4.78, 5) is 11.9. The summed E-state index contributed by atoms with van der Waals surface area (Å²) < 4.78 is 6.06. The maximum atomic E-state index is 11.9. The van der Waals surface area contributed by atoms with Crippen LogP contribution in [0.5, 0.6) is 0 Å². The predicted octanol–water partition coefficient (Wildman–Crippen LogP) is 3.20. The Balaban J connectivity index is 1.95. The Morgan fingerprint density at radius 1 is 1.29 bits per heavy atom.